The van der Waals surface area contributed by atoms with Crippen LogP contribution < -0.4 is 0 Å². The molecule has 218 valence electrons. The van der Waals surface area contributed by atoms with Gasteiger partial charge in [-0.2, -0.15) is 0 Å². The Bertz CT molecular complexity index is 1190. The quantitative estimate of drug-likeness (QED) is 0.253. The highest BCUT2D eigenvalue weighted by atomic mass is 16.6. The van der Waals surface area contributed by atoms with Crippen LogP contribution in [0.2, 0.25) is 0 Å². The summed E-state index contributed by atoms with van der Waals surface area (Å²) in [6.45, 7) is 4.01. The van der Waals surface area contributed by atoms with Crippen LogP contribution in [-0.4, -0.2) is 55.7 Å². The molecule has 1 heterocycles. The summed E-state index contributed by atoms with van der Waals surface area (Å²) in [7, 11) is 0. The Morgan fingerprint density at radius 3 is 1.66 bits per heavy atom. The molecule has 0 amide bonds. The number of carbonyl (C=O) groups is 2. The van der Waals surface area contributed by atoms with E-state index in [1.165, 1.54) is 13.8 Å². The van der Waals surface area contributed by atoms with E-state index in [1.54, 1.807) is 0 Å². The monoisotopic (exact) mass is 562 g/mol. The predicted octanol–water partition coefficient (Wildman–Crippen LogP) is 5.03. The molecule has 0 unspecified atom stereocenters. The molecule has 4 rings (SSSR count). The zero-order chi connectivity index (χ0) is 28.9. The first-order chi connectivity index (χ1) is 20.0. The number of rotatable bonds is 14. The second-order valence-electron chi connectivity index (χ2n) is 9.94. The van der Waals surface area contributed by atoms with Crippen LogP contribution in [0.1, 0.15) is 37.0 Å². The molecular formula is C33H38O8. The predicted molar refractivity (Wildman–Crippen MR) is 152 cm³/mol. The first-order valence-electron chi connectivity index (χ1n) is 13.9. The normalized spacial score (nSPS) is 22.1. The van der Waals surface area contributed by atoms with Crippen molar-refractivity contribution in [3.05, 3.63) is 108 Å². The largest absolute Gasteiger partial charge is 0.466 e. The van der Waals surface area contributed by atoms with E-state index in [2.05, 4.69) is 0 Å². The van der Waals surface area contributed by atoms with Crippen molar-refractivity contribution in [3.63, 3.8) is 0 Å². The first-order valence-corrected chi connectivity index (χ1v) is 13.9. The van der Waals surface area contributed by atoms with Crippen molar-refractivity contribution in [2.45, 2.75) is 70.6 Å². The minimum atomic E-state index is -0.794. The highest BCUT2D eigenvalue weighted by molar-refractivity contribution is 5.66. The average molecular weight is 563 g/mol. The molecule has 3 aromatic carbocycles. The van der Waals surface area contributed by atoms with Crippen LogP contribution in [-0.2, 0) is 57.8 Å². The van der Waals surface area contributed by atoms with E-state index in [1.807, 2.05) is 91.0 Å². The molecule has 3 aromatic rings. The number of benzene rings is 3. The van der Waals surface area contributed by atoms with Crippen LogP contribution in [0, 0.1) is 0 Å². The van der Waals surface area contributed by atoms with Gasteiger partial charge in [-0.05, 0) is 16.7 Å². The van der Waals surface area contributed by atoms with Gasteiger partial charge in [-0.15, -0.1) is 0 Å². The van der Waals surface area contributed by atoms with E-state index in [0.29, 0.717) is 19.6 Å². The van der Waals surface area contributed by atoms with Crippen molar-refractivity contribution in [1.29, 1.82) is 0 Å². The van der Waals surface area contributed by atoms with Crippen LogP contribution in [0.25, 0.3) is 0 Å². The fourth-order valence-corrected chi connectivity index (χ4v) is 4.80. The van der Waals surface area contributed by atoms with Gasteiger partial charge in [0.1, 0.15) is 24.4 Å². The van der Waals surface area contributed by atoms with Crippen molar-refractivity contribution in [1.82, 2.24) is 0 Å². The minimum Gasteiger partial charge on any atom is -0.466 e. The Labute approximate surface area is 241 Å². The summed E-state index contributed by atoms with van der Waals surface area (Å²) in [5.41, 5.74) is 2.99. The number of hydrogen-bond acceptors (Lipinski definition) is 8. The van der Waals surface area contributed by atoms with Gasteiger partial charge in [0.25, 0.3) is 0 Å². The van der Waals surface area contributed by atoms with Gasteiger partial charge in [0.2, 0.25) is 0 Å². The van der Waals surface area contributed by atoms with Crippen molar-refractivity contribution < 1.29 is 38.0 Å². The summed E-state index contributed by atoms with van der Waals surface area (Å²) >= 11 is 0. The van der Waals surface area contributed by atoms with Crippen molar-refractivity contribution in [3.8, 4) is 0 Å². The Hall–Kier alpha value is -3.56. The number of hydrogen-bond donors (Lipinski definition) is 0. The van der Waals surface area contributed by atoms with Gasteiger partial charge in [0.15, 0.2) is 6.10 Å². The summed E-state index contributed by atoms with van der Waals surface area (Å²) in [6, 6.07) is 29.5. The molecular weight excluding hydrogens is 524 g/mol. The molecule has 0 N–H and O–H groups in total. The Morgan fingerprint density at radius 2 is 1.15 bits per heavy atom. The molecule has 0 aliphatic carbocycles. The SMILES string of the molecule is CC(=O)OCC[C@@H]1O[C@H](COCc2ccccc2)[C@@H](OCc2ccccc2)[C@H](OCc2ccccc2)[C@@H]1OC(C)=O. The van der Waals surface area contributed by atoms with E-state index < -0.39 is 42.5 Å². The smallest absolute Gasteiger partial charge is 0.303 e. The molecule has 0 bridgehead atoms. The van der Waals surface area contributed by atoms with E-state index in [4.69, 9.17) is 28.4 Å². The number of ether oxygens (including phenoxy) is 6. The van der Waals surface area contributed by atoms with E-state index in [0.717, 1.165) is 16.7 Å². The summed E-state index contributed by atoms with van der Waals surface area (Å²) in [5, 5.41) is 0. The molecule has 0 spiro atoms. The lowest BCUT2D eigenvalue weighted by Crippen LogP contribution is -2.61. The zero-order valence-corrected chi connectivity index (χ0v) is 23.6. The molecule has 8 nitrogen and oxygen atoms in total. The number of carbonyl (C=O) groups excluding carboxylic acids is 2. The lowest BCUT2D eigenvalue weighted by atomic mass is 9.92. The van der Waals surface area contributed by atoms with Crippen LogP contribution >= 0.6 is 0 Å². The van der Waals surface area contributed by atoms with Crippen LogP contribution in [0.15, 0.2) is 91.0 Å². The van der Waals surface area contributed by atoms with Gasteiger partial charge < -0.3 is 28.4 Å². The Balaban J connectivity index is 1.60. The van der Waals surface area contributed by atoms with Gasteiger partial charge in [-0.3, -0.25) is 9.59 Å². The summed E-state index contributed by atoms with van der Waals surface area (Å²) in [5.74, 6) is -0.862. The second kappa shape index (κ2) is 16.0. The van der Waals surface area contributed by atoms with Gasteiger partial charge in [0, 0.05) is 20.3 Å². The fraction of sp³-hybridized carbons (Fsp3) is 0.394. The molecule has 0 saturated carbocycles. The van der Waals surface area contributed by atoms with Crippen molar-refractivity contribution >= 4 is 11.9 Å². The summed E-state index contributed by atoms with van der Waals surface area (Å²) in [4.78, 5) is 23.7. The molecule has 41 heavy (non-hydrogen) atoms. The minimum absolute atomic E-state index is 0.107. The zero-order valence-electron chi connectivity index (χ0n) is 23.6. The van der Waals surface area contributed by atoms with Crippen LogP contribution in [0.3, 0.4) is 0 Å². The second-order valence-corrected chi connectivity index (χ2v) is 9.94. The maximum atomic E-state index is 12.3. The topological polar surface area (TPSA) is 89.5 Å². The maximum Gasteiger partial charge on any atom is 0.303 e. The van der Waals surface area contributed by atoms with E-state index >= 15 is 0 Å². The van der Waals surface area contributed by atoms with Crippen LogP contribution in [0.4, 0.5) is 0 Å². The molecule has 0 radical (unpaired) electrons. The van der Waals surface area contributed by atoms with Crippen molar-refractivity contribution in [2.75, 3.05) is 13.2 Å². The number of esters is 2. The molecule has 5 atom stereocenters. The summed E-state index contributed by atoms with van der Waals surface area (Å²) < 4.78 is 36.6. The molecule has 1 fully saturated rings. The molecule has 1 aliphatic heterocycles. The molecule has 8 heteroatoms. The van der Waals surface area contributed by atoms with E-state index in [-0.39, 0.29) is 19.8 Å². The third kappa shape index (κ3) is 9.79. The lowest BCUT2D eigenvalue weighted by molar-refractivity contribution is -0.267. The standard InChI is InChI=1S/C33H38O8/c1-24(34)37-19-18-29-32(40-25(2)35)33(39-22-28-16-10-5-11-17-28)31(38-21-27-14-8-4-9-15-27)30(41-29)23-36-20-26-12-6-3-7-13-26/h3-17,29-33H,18-23H2,1-2H3/t29-,30+,31+,32+,33-/m0/s1. The fourth-order valence-electron chi connectivity index (χ4n) is 4.80. The third-order valence-corrected chi connectivity index (χ3v) is 6.70. The molecule has 1 saturated heterocycles. The average Bonchev–Trinajstić information content (AvgIpc) is 2.98. The maximum absolute atomic E-state index is 12.3. The van der Waals surface area contributed by atoms with Gasteiger partial charge in [-0.1, -0.05) is 91.0 Å². The van der Waals surface area contributed by atoms with Gasteiger partial charge in [-0.25, -0.2) is 0 Å². The van der Waals surface area contributed by atoms with E-state index in [9.17, 15) is 9.59 Å². The van der Waals surface area contributed by atoms with Crippen molar-refractivity contribution in [2.24, 2.45) is 0 Å². The summed E-state index contributed by atoms with van der Waals surface area (Å²) in [6.07, 6.45) is -2.94. The van der Waals surface area contributed by atoms with Crippen LogP contribution in [0.5, 0.6) is 0 Å². The third-order valence-electron chi connectivity index (χ3n) is 6.70. The Kier molecular flexibility index (Phi) is 11.9. The first kappa shape index (κ1) is 30.4. The van der Waals surface area contributed by atoms with Gasteiger partial charge >= 0.3 is 11.9 Å². The highest BCUT2D eigenvalue weighted by Gasteiger charge is 2.49. The Morgan fingerprint density at radius 1 is 0.634 bits per heavy atom. The van der Waals surface area contributed by atoms with Gasteiger partial charge in [0.05, 0.1) is 33.0 Å². The molecule has 1 aliphatic rings. The molecule has 0 aromatic heterocycles. The lowest BCUT2D eigenvalue weighted by Gasteiger charge is -2.45. The highest BCUT2D eigenvalue weighted by Crippen LogP contribution is 2.32.